The second-order valence-corrected chi connectivity index (χ2v) is 3.53. The van der Waals surface area contributed by atoms with Gasteiger partial charge >= 0.3 is 0 Å². The van der Waals surface area contributed by atoms with E-state index in [1.54, 1.807) is 25.1 Å². The third-order valence-corrected chi connectivity index (χ3v) is 2.20. The van der Waals surface area contributed by atoms with Gasteiger partial charge in [-0.3, -0.25) is 0 Å². The van der Waals surface area contributed by atoms with Crippen LogP contribution in [0.1, 0.15) is 18.6 Å². The molecule has 2 atom stereocenters. The molecule has 1 aromatic rings. The van der Waals surface area contributed by atoms with E-state index in [0.717, 1.165) is 0 Å². The normalized spacial score (nSPS) is 14.9. The molecule has 0 aromatic heterocycles. The number of benzene rings is 1. The molecule has 0 aliphatic carbocycles. The maximum atomic E-state index is 13.2. The lowest BCUT2D eigenvalue weighted by atomic mass is 10.1. The minimum absolute atomic E-state index is 0.00993. The number of aliphatic hydroxyl groups is 2. The van der Waals surface area contributed by atoms with Gasteiger partial charge in [-0.25, -0.2) is 4.39 Å². The van der Waals surface area contributed by atoms with Crippen LogP contribution in [-0.4, -0.2) is 29.4 Å². The molecule has 3 nitrogen and oxygen atoms in total. The zero-order chi connectivity index (χ0) is 11.3. The molecule has 0 aliphatic rings. The van der Waals surface area contributed by atoms with Gasteiger partial charge in [0.2, 0.25) is 0 Å². The van der Waals surface area contributed by atoms with E-state index in [-0.39, 0.29) is 24.8 Å². The smallest absolute Gasteiger partial charge is 0.129 e. The molecule has 4 heteroatoms. The summed E-state index contributed by atoms with van der Waals surface area (Å²) in [6.07, 6.45) is -0.889. The lowest BCUT2D eigenvalue weighted by Crippen LogP contribution is -2.33. The Kier molecular flexibility index (Phi) is 4.68. The van der Waals surface area contributed by atoms with Crippen molar-refractivity contribution >= 4 is 0 Å². The van der Waals surface area contributed by atoms with Crippen molar-refractivity contribution in [1.29, 1.82) is 0 Å². The Labute approximate surface area is 88.6 Å². The van der Waals surface area contributed by atoms with Crippen LogP contribution in [0.25, 0.3) is 0 Å². The Morgan fingerprint density at radius 2 is 2.07 bits per heavy atom. The number of hydrogen-bond acceptors (Lipinski definition) is 3. The fraction of sp³-hybridized carbons (Fsp3) is 0.455. The van der Waals surface area contributed by atoms with E-state index < -0.39 is 11.9 Å². The molecule has 2 unspecified atom stereocenters. The van der Waals surface area contributed by atoms with Crippen molar-refractivity contribution in [2.24, 2.45) is 0 Å². The quantitative estimate of drug-likeness (QED) is 0.679. The minimum Gasteiger partial charge on any atom is -0.395 e. The Hall–Kier alpha value is -0.970. The van der Waals surface area contributed by atoms with Crippen LogP contribution in [0.3, 0.4) is 0 Å². The molecular weight excluding hydrogens is 197 g/mol. The molecule has 1 rings (SSSR count). The lowest BCUT2D eigenvalue weighted by molar-refractivity contribution is 0.157. The molecule has 0 heterocycles. The largest absolute Gasteiger partial charge is 0.395 e. The summed E-state index contributed by atoms with van der Waals surface area (Å²) >= 11 is 0. The summed E-state index contributed by atoms with van der Waals surface area (Å²) < 4.78 is 13.2. The lowest BCUT2D eigenvalue weighted by Gasteiger charge is -2.15. The van der Waals surface area contributed by atoms with Gasteiger partial charge in [-0.2, -0.15) is 0 Å². The van der Waals surface area contributed by atoms with E-state index in [1.807, 2.05) is 0 Å². The first-order valence-corrected chi connectivity index (χ1v) is 4.92. The zero-order valence-corrected chi connectivity index (χ0v) is 8.65. The third kappa shape index (κ3) is 3.58. The summed E-state index contributed by atoms with van der Waals surface area (Å²) in [4.78, 5) is 0. The predicted molar refractivity (Wildman–Crippen MR) is 55.9 cm³/mol. The highest BCUT2D eigenvalue weighted by Gasteiger charge is 2.12. The van der Waals surface area contributed by atoms with Crippen LogP contribution < -0.4 is 5.32 Å². The van der Waals surface area contributed by atoms with Crippen molar-refractivity contribution in [2.45, 2.75) is 19.1 Å². The number of hydrogen-bond donors (Lipinski definition) is 3. The molecule has 15 heavy (non-hydrogen) atoms. The highest BCUT2D eigenvalue weighted by atomic mass is 19.1. The fourth-order valence-corrected chi connectivity index (χ4v) is 1.23. The summed E-state index contributed by atoms with van der Waals surface area (Å²) in [5.74, 6) is -0.413. The van der Waals surface area contributed by atoms with Crippen molar-refractivity contribution in [2.75, 3.05) is 13.2 Å². The van der Waals surface area contributed by atoms with Gasteiger partial charge in [-0.1, -0.05) is 18.2 Å². The van der Waals surface area contributed by atoms with Crippen LogP contribution in [0.2, 0.25) is 0 Å². The van der Waals surface area contributed by atoms with Gasteiger partial charge in [0.1, 0.15) is 5.82 Å². The first-order chi connectivity index (χ1) is 7.15. The number of aliphatic hydroxyl groups excluding tert-OH is 2. The van der Waals surface area contributed by atoms with Crippen LogP contribution >= 0.6 is 0 Å². The molecule has 0 fully saturated rings. The summed E-state index contributed by atoms with van der Waals surface area (Å²) in [5, 5.41) is 21.3. The SMILES string of the molecule is CC(CO)NCC(O)c1ccccc1F. The molecule has 0 saturated carbocycles. The number of nitrogens with one attached hydrogen (secondary N) is 1. The maximum absolute atomic E-state index is 13.2. The highest BCUT2D eigenvalue weighted by Crippen LogP contribution is 2.15. The summed E-state index contributed by atoms with van der Waals surface area (Å²) in [6.45, 7) is 2.00. The zero-order valence-electron chi connectivity index (χ0n) is 8.65. The Morgan fingerprint density at radius 3 is 2.67 bits per heavy atom. The van der Waals surface area contributed by atoms with Gasteiger partial charge in [0, 0.05) is 18.2 Å². The van der Waals surface area contributed by atoms with Crippen molar-refractivity contribution in [3.05, 3.63) is 35.6 Å². The van der Waals surface area contributed by atoms with E-state index in [2.05, 4.69) is 5.32 Å². The molecule has 0 bridgehead atoms. The molecule has 1 aromatic carbocycles. The van der Waals surface area contributed by atoms with Crippen LogP contribution in [-0.2, 0) is 0 Å². The van der Waals surface area contributed by atoms with Crippen molar-refractivity contribution in [3.63, 3.8) is 0 Å². The monoisotopic (exact) mass is 213 g/mol. The van der Waals surface area contributed by atoms with E-state index >= 15 is 0 Å². The van der Waals surface area contributed by atoms with E-state index in [9.17, 15) is 9.50 Å². The summed E-state index contributed by atoms with van der Waals surface area (Å²) in [6, 6.07) is 6.01. The molecular formula is C11H16FNO2. The predicted octanol–water partition coefficient (Wildman–Crippen LogP) is 0.830. The Morgan fingerprint density at radius 1 is 1.40 bits per heavy atom. The van der Waals surface area contributed by atoms with E-state index in [1.165, 1.54) is 6.07 Å². The van der Waals surface area contributed by atoms with Gasteiger partial charge in [0.15, 0.2) is 0 Å². The van der Waals surface area contributed by atoms with Gasteiger partial charge in [-0.05, 0) is 13.0 Å². The fourth-order valence-electron chi connectivity index (χ4n) is 1.23. The van der Waals surface area contributed by atoms with Crippen LogP contribution in [0.4, 0.5) is 4.39 Å². The molecule has 3 N–H and O–H groups in total. The van der Waals surface area contributed by atoms with Crippen LogP contribution in [0, 0.1) is 5.82 Å². The van der Waals surface area contributed by atoms with Crippen LogP contribution in [0.15, 0.2) is 24.3 Å². The van der Waals surface area contributed by atoms with Gasteiger partial charge < -0.3 is 15.5 Å². The van der Waals surface area contributed by atoms with E-state index in [4.69, 9.17) is 5.11 Å². The van der Waals surface area contributed by atoms with E-state index in [0.29, 0.717) is 0 Å². The summed E-state index contributed by atoms with van der Waals surface area (Å²) in [7, 11) is 0. The second kappa shape index (κ2) is 5.80. The first kappa shape index (κ1) is 12.1. The molecule has 0 saturated heterocycles. The topological polar surface area (TPSA) is 52.5 Å². The molecule has 0 aliphatic heterocycles. The van der Waals surface area contributed by atoms with Crippen molar-refractivity contribution < 1.29 is 14.6 Å². The second-order valence-electron chi connectivity index (χ2n) is 3.53. The number of halogens is 1. The Balaban J connectivity index is 2.54. The molecule has 0 amide bonds. The average molecular weight is 213 g/mol. The summed E-state index contributed by atoms with van der Waals surface area (Å²) in [5.41, 5.74) is 0.273. The van der Waals surface area contributed by atoms with Gasteiger partial charge in [-0.15, -0.1) is 0 Å². The first-order valence-electron chi connectivity index (χ1n) is 4.92. The molecule has 0 radical (unpaired) electrons. The van der Waals surface area contributed by atoms with Crippen molar-refractivity contribution in [1.82, 2.24) is 5.32 Å². The number of rotatable bonds is 5. The molecule has 84 valence electrons. The van der Waals surface area contributed by atoms with Gasteiger partial charge in [0.05, 0.1) is 12.7 Å². The van der Waals surface area contributed by atoms with Crippen LogP contribution in [0.5, 0.6) is 0 Å². The minimum atomic E-state index is -0.889. The standard InChI is InChI=1S/C11H16FNO2/c1-8(7-14)13-6-11(15)9-4-2-3-5-10(9)12/h2-5,8,11,13-15H,6-7H2,1H3. The van der Waals surface area contributed by atoms with Gasteiger partial charge in [0.25, 0.3) is 0 Å². The maximum Gasteiger partial charge on any atom is 0.129 e. The molecule has 0 spiro atoms. The third-order valence-electron chi connectivity index (χ3n) is 2.20. The van der Waals surface area contributed by atoms with Crippen molar-refractivity contribution in [3.8, 4) is 0 Å². The highest BCUT2D eigenvalue weighted by molar-refractivity contribution is 5.19. The average Bonchev–Trinajstić information content (AvgIpc) is 2.26. The Bertz CT molecular complexity index is 306.